The molecule has 0 radical (unpaired) electrons. The minimum absolute atomic E-state index is 0.0677. The fourth-order valence-corrected chi connectivity index (χ4v) is 2.78. The molecular formula is C14H11F2NO3S. The molecule has 110 valence electrons. The van der Waals surface area contributed by atoms with Gasteiger partial charge in [0.15, 0.2) is 11.5 Å². The van der Waals surface area contributed by atoms with Crippen LogP contribution in [0.2, 0.25) is 0 Å². The van der Waals surface area contributed by atoms with E-state index in [1.165, 1.54) is 26.2 Å². The Bertz CT molecular complexity index is 692. The van der Waals surface area contributed by atoms with Gasteiger partial charge in [-0.25, -0.2) is 18.6 Å². The Morgan fingerprint density at radius 1 is 1.24 bits per heavy atom. The van der Waals surface area contributed by atoms with Gasteiger partial charge in [0, 0.05) is 19.4 Å². The van der Waals surface area contributed by atoms with Crippen molar-refractivity contribution in [3.63, 3.8) is 0 Å². The number of rotatable bonds is 4. The number of nitrogens with zero attached hydrogens (tertiary/aromatic N) is 1. The third kappa shape index (κ3) is 3.49. The van der Waals surface area contributed by atoms with E-state index in [1.807, 2.05) is 0 Å². The summed E-state index contributed by atoms with van der Waals surface area (Å²) in [7, 11) is 1.19. The van der Waals surface area contributed by atoms with Gasteiger partial charge in [-0.05, 0) is 17.7 Å². The summed E-state index contributed by atoms with van der Waals surface area (Å²) in [6.45, 7) is 1.31. The van der Waals surface area contributed by atoms with Gasteiger partial charge in [-0.1, -0.05) is 0 Å². The fourth-order valence-electron chi connectivity index (χ4n) is 1.80. The second-order valence-electron chi connectivity index (χ2n) is 4.29. The van der Waals surface area contributed by atoms with Crippen LogP contribution in [0.3, 0.4) is 0 Å². The van der Waals surface area contributed by atoms with Crippen molar-refractivity contribution >= 4 is 23.1 Å². The van der Waals surface area contributed by atoms with Crippen molar-refractivity contribution in [1.29, 1.82) is 0 Å². The Hall–Kier alpha value is -2.15. The van der Waals surface area contributed by atoms with E-state index in [0.717, 1.165) is 17.4 Å². The second kappa shape index (κ2) is 6.09. The topological polar surface area (TPSA) is 56.3 Å². The zero-order valence-corrected chi connectivity index (χ0v) is 12.1. The first-order valence-electron chi connectivity index (χ1n) is 5.94. The van der Waals surface area contributed by atoms with Crippen LogP contribution in [0.15, 0.2) is 18.2 Å². The van der Waals surface area contributed by atoms with Crippen molar-refractivity contribution in [2.45, 2.75) is 13.3 Å². The maximum absolute atomic E-state index is 13.1. The first-order valence-corrected chi connectivity index (χ1v) is 6.76. The average molecular weight is 311 g/mol. The van der Waals surface area contributed by atoms with E-state index in [2.05, 4.69) is 9.72 Å². The number of esters is 1. The molecule has 0 saturated heterocycles. The monoisotopic (exact) mass is 311 g/mol. The van der Waals surface area contributed by atoms with Crippen LogP contribution in [0.1, 0.15) is 37.7 Å². The molecule has 0 atom stereocenters. The summed E-state index contributed by atoms with van der Waals surface area (Å²) in [5.74, 6) is -2.42. The maximum atomic E-state index is 13.1. The molecule has 0 amide bonds. The zero-order chi connectivity index (χ0) is 15.6. The Morgan fingerprint density at radius 2 is 1.86 bits per heavy atom. The van der Waals surface area contributed by atoms with Crippen molar-refractivity contribution in [2.24, 2.45) is 0 Å². The van der Waals surface area contributed by atoms with Crippen LogP contribution in [0, 0.1) is 11.6 Å². The molecule has 4 nitrogen and oxygen atoms in total. The normalized spacial score (nSPS) is 10.5. The highest BCUT2D eigenvalue weighted by atomic mass is 32.1. The van der Waals surface area contributed by atoms with Gasteiger partial charge in [-0.2, -0.15) is 0 Å². The molecule has 0 N–H and O–H groups in total. The van der Waals surface area contributed by atoms with Gasteiger partial charge in [0.05, 0.1) is 12.1 Å². The van der Waals surface area contributed by atoms with Gasteiger partial charge < -0.3 is 4.74 Å². The standard InChI is InChI=1S/C14H11F2NO3S/c1-7(18)13-12(14(19)20-2)17-11(21-13)5-8-3-9(15)6-10(16)4-8/h3-4,6H,5H2,1-2H3. The number of halogens is 2. The quantitative estimate of drug-likeness (QED) is 0.643. The summed E-state index contributed by atoms with van der Waals surface area (Å²) in [4.78, 5) is 27.3. The number of hydrogen-bond donors (Lipinski definition) is 0. The predicted octanol–water partition coefficient (Wildman–Crippen LogP) is 3.00. The number of methoxy groups -OCH3 is 1. The number of Topliss-reactive ketones (excluding diaryl/α,β-unsaturated/α-hetero) is 1. The highest BCUT2D eigenvalue weighted by Gasteiger charge is 2.21. The molecule has 0 aliphatic heterocycles. The number of aromatic nitrogens is 1. The Morgan fingerprint density at radius 3 is 2.38 bits per heavy atom. The van der Waals surface area contributed by atoms with Crippen LogP contribution in [-0.4, -0.2) is 23.8 Å². The van der Waals surface area contributed by atoms with Crippen LogP contribution in [0.4, 0.5) is 8.78 Å². The molecule has 1 aromatic carbocycles. The van der Waals surface area contributed by atoms with Crippen molar-refractivity contribution in [2.75, 3.05) is 7.11 Å². The molecule has 1 aromatic heterocycles. The van der Waals surface area contributed by atoms with Gasteiger partial charge in [0.1, 0.15) is 16.5 Å². The molecule has 1 heterocycles. The highest BCUT2D eigenvalue weighted by molar-refractivity contribution is 7.14. The number of ether oxygens (including phenoxy) is 1. The number of carbonyl (C=O) groups excluding carboxylic acids is 2. The van der Waals surface area contributed by atoms with E-state index in [1.54, 1.807) is 0 Å². The van der Waals surface area contributed by atoms with Gasteiger partial charge in [-0.15, -0.1) is 11.3 Å². The van der Waals surface area contributed by atoms with Gasteiger partial charge in [0.2, 0.25) is 0 Å². The first kappa shape index (κ1) is 15.2. The lowest BCUT2D eigenvalue weighted by atomic mass is 10.1. The molecule has 7 heteroatoms. The van der Waals surface area contributed by atoms with Crippen LogP contribution >= 0.6 is 11.3 Å². The molecule has 2 aromatic rings. The highest BCUT2D eigenvalue weighted by Crippen LogP contribution is 2.23. The lowest BCUT2D eigenvalue weighted by molar-refractivity contribution is 0.0591. The molecule has 0 saturated carbocycles. The Labute approximate surface area is 123 Å². The smallest absolute Gasteiger partial charge is 0.358 e. The third-order valence-electron chi connectivity index (χ3n) is 2.65. The molecule has 0 aliphatic rings. The lowest BCUT2D eigenvalue weighted by Crippen LogP contribution is -2.07. The molecule has 0 fully saturated rings. The average Bonchev–Trinajstić information content (AvgIpc) is 2.80. The van der Waals surface area contributed by atoms with Crippen molar-refractivity contribution in [3.8, 4) is 0 Å². The van der Waals surface area contributed by atoms with Crippen molar-refractivity contribution in [3.05, 3.63) is 51.0 Å². The summed E-state index contributed by atoms with van der Waals surface area (Å²) < 4.78 is 30.8. The lowest BCUT2D eigenvalue weighted by Gasteiger charge is -1.99. The minimum Gasteiger partial charge on any atom is -0.464 e. The van der Waals surface area contributed by atoms with Crippen molar-refractivity contribution in [1.82, 2.24) is 4.98 Å². The summed E-state index contributed by atoms with van der Waals surface area (Å²) in [5, 5.41) is 0.408. The van der Waals surface area contributed by atoms with E-state index in [0.29, 0.717) is 10.6 Å². The van der Waals surface area contributed by atoms with Gasteiger partial charge in [0.25, 0.3) is 0 Å². The van der Waals surface area contributed by atoms with Crippen molar-refractivity contribution < 1.29 is 23.1 Å². The molecule has 2 rings (SSSR count). The number of hydrogen-bond acceptors (Lipinski definition) is 5. The van der Waals surface area contributed by atoms with Crippen LogP contribution in [-0.2, 0) is 11.2 Å². The number of thiazole rings is 1. The van der Waals surface area contributed by atoms with Gasteiger partial charge >= 0.3 is 5.97 Å². The van der Waals surface area contributed by atoms with Gasteiger partial charge in [-0.3, -0.25) is 4.79 Å². The number of ketones is 1. The summed E-state index contributed by atoms with van der Waals surface area (Å²) in [6, 6.07) is 3.12. The van der Waals surface area contributed by atoms with Crippen LogP contribution in [0.25, 0.3) is 0 Å². The maximum Gasteiger partial charge on any atom is 0.358 e. The van der Waals surface area contributed by atoms with Crippen LogP contribution in [0.5, 0.6) is 0 Å². The van der Waals surface area contributed by atoms with E-state index in [9.17, 15) is 18.4 Å². The third-order valence-corrected chi connectivity index (χ3v) is 3.80. The van der Waals surface area contributed by atoms with E-state index >= 15 is 0 Å². The SMILES string of the molecule is COC(=O)c1nc(Cc2cc(F)cc(F)c2)sc1C(C)=O. The van der Waals surface area contributed by atoms with E-state index in [-0.39, 0.29) is 22.8 Å². The number of benzene rings is 1. The van der Waals surface area contributed by atoms with E-state index in [4.69, 9.17) is 0 Å². The second-order valence-corrected chi connectivity index (χ2v) is 5.37. The Kier molecular flexibility index (Phi) is 4.42. The predicted molar refractivity (Wildman–Crippen MR) is 72.6 cm³/mol. The summed E-state index contributed by atoms with van der Waals surface area (Å²) >= 11 is 1.01. The van der Waals surface area contributed by atoms with E-state index < -0.39 is 17.6 Å². The molecule has 0 spiro atoms. The fraction of sp³-hybridized carbons (Fsp3) is 0.214. The molecular weight excluding hydrogens is 300 g/mol. The largest absolute Gasteiger partial charge is 0.464 e. The number of carbonyl (C=O) groups is 2. The first-order chi connectivity index (χ1) is 9.90. The molecule has 0 aliphatic carbocycles. The minimum atomic E-state index is -0.715. The summed E-state index contributed by atoms with van der Waals surface area (Å²) in [6.07, 6.45) is 0.122. The molecule has 0 bridgehead atoms. The van der Waals surface area contributed by atoms with Crippen LogP contribution < -0.4 is 0 Å². The summed E-state index contributed by atoms with van der Waals surface area (Å²) in [5.41, 5.74) is 0.301. The zero-order valence-electron chi connectivity index (χ0n) is 11.3. The molecule has 0 unspecified atom stereocenters. The molecule has 21 heavy (non-hydrogen) atoms. The Balaban J connectivity index is 2.36.